The van der Waals surface area contributed by atoms with Gasteiger partial charge in [-0.25, -0.2) is 14.6 Å². The van der Waals surface area contributed by atoms with Crippen LogP contribution in [0.1, 0.15) is 51.8 Å². The molecule has 1 aromatic carbocycles. The van der Waals surface area contributed by atoms with Crippen LogP contribution in [0, 0.1) is 5.41 Å². The van der Waals surface area contributed by atoms with Crippen LogP contribution in [0.25, 0.3) is 16.7 Å². The Hall–Kier alpha value is -3.00. The maximum Gasteiger partial charge on any atom is 0.223 e. The van der Waals surface area contributed by atoms with Gasteiger partial charge in [-0.1, -0.05) is 39.0 Å². The van der Waals surface area contributed by atoms with Crippen molar-refractivity contribution in [1.29, 1.82) is 0 Å². The number of carbonyl (C=O) groups excluding carboxylic acids is 1. The third-order valence-electron chi connectivity index (χ3n) is 6.63. The summed E-state index contributed by atoms with van der Waals surface area (Å²) in [4.78, 5) is 27.1. The Morgan fingerprint density at radius 1 is 1.03 bits per heavy atom. The SMILES string of the molecule is CC(C)(C)CC(=O)N1CCN(c2nc(C3CCOCC3)nc3c2cnn3-c2ccccc2)CC1. The van der Waals surface area contributed by atoms with Crippen LogP contribution in [0.5, 0.6) is 0 Å². The van der Waals surface area contributed by atoms with Crippen molar-refractivity contribution >= 4 is 22.8 Å². The molecule has 2 aliphatic heterocycles. The number of nitrogens with zero attached hydrogens (tertiary/aromatic N) is 6. The lowest BCUT2D eigenvalue weighted by Crippen LogP contribution is -2.49. The van der Waals surface area contributed by atoms with Gasteiger partial charge in [0.15, 0.2) is 5.65 Å². The van der Waals surface area contributed by atoms with E-state index in [4.69, 9.17) is 14.7 Å². The number of amides is 1. The molecule has 0 N–H and O–H groups in total. The van der Waals surface area contributed by atoms with Crippen molar-refractivity contribution in [3.63, 3.8) is 0 Å². The van der Waals surface area contributed by atoms with E-state index in [9.17, 15) is 4.79 Å². The van der Waals surface area contributed by atoms with Crippen molar-refractivity contribution in [1.82, 2.24) is 24.6 Å². The molecule has 0 bridgehead atoms. The van der Waals surface area contributed by atoms with E-state index in [0.29, 0.717) is 19.5 Å². The number of rotatable bonds is 4. The maximum absolute atomic E-state index is 12.7. The molecule has 2 aromatic heterocycles. The van der Waals surface area contributed by atoms with Gasteiger partial charge in [0.05, 0.1) is 17.3 Å². The molecule has 0 unspecified atom stereocenters. The second-order valence-electron chi connectivity index (χ2n) is 10.5. The minimum Gasteiger partial charge on any atom is -0.381 e. The van der Waals surface area contributed by atoms with E-state index in [0.717, 1.165) is 67.5 Å². The molecule has 34 heavy (non-hydrogen) atoms. The largest absolute Gasteiger partial charge is 0.381 e. The fourth-order valence-electron chi connectivity index (χ4n) is 4.78. The highest BCUT2D eigenvalue weighted by atomic mass is 16.5. The van der Waals surface area contributed by atoms with Crippen molar-refractivity contribution in [3.8, 4) is 5.69 Å². The molecule has 2 saturated heterocycles. The first kappa shape index (κ1) is 22.8. The minimum absolute atomic E-state index is 0.00231. The van der Waals surface area contributed by atoms with Gasteiger partial charge in [-0.15, -0.1) is 0 Å². The highest BCUT2D eigenvalue weighted by Crippen LogP contribution is 2.32. The van der Waals surface area contributed by atoms with Gasteiger partial charge in [0.25, 0.3) is 0 Å². The summed E-state index contributed by atoms with van der Waals surface area (Å²) in [5, 5.41) is 5.64. The summed E-state index contributed by atoms with van der Waals surface area (Å²) in [6.45, 7) is 10.8. The lowest BCUT2D eigenvalue weighted by atomic mass is 9.91. The molecular formula is C26H34N6O2. The lowest BCUT2D eigenvalue weighted by Gasteiger charge is -2.37. The van der Waals surface area contributed by atoms with Crippen LogP contribution < -0.4 is 4.90 Å². The number of fused-ring (bicyclic) bond motifs is 1. The van der Waals surface area contributed by atoms with Crippen molar-refractivity contribution in [2.24, 2.45) is 5.41 Å². The predicted molar refractivity (Wildman–Crippen MR) is 132 cm³/mol. The van der Waals surface area contributed by atoms with Crippen LogP contribution in [-0.2, 0) is 9.53 Å². The summed E-state index contributed by atoms with van der Waals surface area (Å²) in [6.07, 6.45) is 4.31. The Labute approximate surface area is 200 Å². The summed E-state index contributed by atoms with van der Waals surface area (Å²) in [5.41, 5.74) is 1.82. The van der Waals surface area contributed by atoms with Gasteiger partial charge in [0, 0.05) is 51.7 Å². The number of anilines is 1. The number of para-hydroxylation sites is 1. The summed E-state index contributed by atoms with van der Waals surface area (Å²) >= 11 is 0. The molecule has 2 aliphatic rings. The average Bonchev–Trinajstić information content (AvgIpc) is 3.28. The Balaban J connectivity index is 1.47. The summed E-state index contributed by atoms with van der Waals surface area (Å²) < 4.78 is 7.49. The number of aromatic nitrogens is 4. The highest BCUT2D eigenvalue weighted by Gasteiger charge is 2.28. The molecule has 180 valence electrons. The molecular weight excluding hydrogens is 428 g/mol. The quantitative estimate of drug-likeness (QED) is 0.587. The van der Waals surface area contributed by atoms with E-state index in [2.05, 4.69) is 30.8 Å². The first-order valence-corrected chi connectivity index (χ1v) is 12.3. The van der Waals surface area contributed by atoms with Crippen molar-refractivity contribution in [3.05, 3.63) is 42.4 Å². The molecule has 0 spiro atoms. The molecule has 8 nitrogen and oxygen atoms in total. The van der Waals surface area contributed by atoms with Crippen LogP contribution in [0.4, 0.5) is 5.82 Å². The Morgan fingerprint density at radius 3 is 2.41 bits per heavy atom. The molecule has 1 amide bonds. The van der Waals surface area contributed by atoms with Gasteiger partial charge in [-0.05, 0) is 30.4 Å². The van der Waals surface area contributed by atoms with E-state index in [1.54, 1.807) is 0 Å². The monoisotopic (exact) mass is 462 g/mol. The molecule has 2 fully saturated rings. The maximum atomic E-state index is 12.7. The van der Waals surface area contributed by atoms with Gasteiger partial charge in [0.2, 0.25) is 5.91 Å². The number of carbonyl (C=O) groups is 1. The third kappa shape index (κ3) is 4.78. The standard InChI is InChI=1S/C26H34N6O2/c1-26(2,3)17-22(33)30-11-13-31(14-12-30)24-21-18-27-32(20-7-5-4-6-8-20)25(21)29-23(28-24)19-9-15-34-16-10-19/h4-8,18-19H,9-17H2,1-3H3. The zero-order valence-corrected chi connectivity index (χ0v) is 20.4. The van der Waals surface area contributed by atoms with Gasteiger partial charge < -0.3 is 14.5 Å². The molecule has 0 saturated carbocycles. The van der Waals surface area contributed by atoms with E-state index in [-0.39, 0.29) is 17.2 Å². The summed E-state index contributed by atoms with van der Waals surface area (Å²) in [6, 6.07) is 10.1. The third-order valence-corrected chi connectivity index (χ3v) is 6.63. The summed E-state index contributed by atoms with van der Waals surface area (Å²) in [7, 11) is 0. The smallest absolute Gasteiger partial charge is 0.223 e. The molecule has 0 aliphatic carbocycles. The number of piperazine rings is 1. The molecule has 0 atom stereocenters. The Kier molecular flexibility index (Phi) is 6.25. The summed E-state index contributed by atoms with van der Waals surface area (Å²) in [5.74, 6) is 2.32. The van der Waals surface area contributed by atoms with E-state index in [1.807, 2.05) is 46.1 Å². The van der Waals surface area contributed by atoms with E-state index in [1.165, 1.54) is 0 Å². The van der Waals surface area contributed by atoms with Crippen LogP contribution in [0.15, 0.2) is 36.5 Å². The van der Waals surface area contributed by atoms with E-state index < -0.39 is 0 Å². The topological polar surface area (TPSA) is 76.4 Å². The van der Waals surface area contributed by atoms with Crippen molar-refractivity contribution < 1.29 is 9.53 Å². The first-order valence-electron chi connectivity index (χ1n) is 12.3. The Morgan fingerprint density at radius 2 is 1.74 bits per heavy atom. The van der Waals surface area contributed by atoms with Crippen molar-refractivity contribution in [2.75, 3.05) is 44.3 Å². The van der Waals surface area contributed by atoms with Crippen molar-refractivity contribution in [2.45, 2.75) is 46.0 Å². The number of hydrogen-bond donors (Lipinski definition) is 0. The number of ether oxygens (including phenoxy) is 1. The first-order chi connectivity index (χ1) is 16.4. The lowest BCUT2D eigenvalue weighted by molar-refractivity contribution is -0.133. The molecule has 5 rings (SSSR count). The molecule has 8 heteroatoms. The molecule has 0 radical (unpaired) electrons. The Bertz CT molecular complexity index is 1140. The van der Waals surface area contributed by atoms with Gasteiger partial charge in [-0.3, -0.25) is 4.79 Å². The van der Waals surface area contributed by atoms with Crippen LogP contribution in [0.3, 0.4) is 0 Å². The average molecular weight is 463 g/mol. The second kappa shape index (κ2) is 9.33. The van der Waals surface area contributed by atoms with Crippen LogP contribution >= 0.6 is 0 Å². The fraction of sp³-hybridized carbons (Fsp3) is 0.538. The zero-order chi connectivity index (χ0) is 23.7. The highest BCUT2D eigenvalue weighted by molar-refractivity contribution is 5.88. The minimum atomic E-state index is -0.00231. The zero-order valence-electron chi connectivity index (χ0n) is 20.4. The molecule has 4 heterocycles. The fourth-order valence-corrected chi connectivity index (χ4v) is 4.78. The van der Waals surface area contributed by atoms with Crippen LogP contribution in [-0.4, -0.2) is 69.9 Å². The number of benzene rings is 1. The number of hydrogen-bond acceptors (Lipinski definition) is 6. The van der Waals surface area contributed by atoms with Gasteiger partial charge in [-0.2, -0.15) is 5.10 Å². The van der Waals surface area contributed by atoms with Gasteiger partial charge in [0.1, 0.15) is 11.6 Å². The normalized spacial score (nSPS) is 18.0. The van der Waals surface area contributed by atoms with Gasteiger partial charge >= 0.3 is 0 Å². The second-order valence-corrected chi connectivity index (χ2v) is 10.5. The molecule has 3 aromatic rings. The van der Waals surface area contributed by atoms with Crippen LogP contribution in [0.2, 0.25) is 0 Å². The van der Waals surface area contributed by atoms with E-state index >= 15 is 0 Å². The predicted octanol–water partition coefficient (Wildman–Crippen LogP) is 3.79.